The van der Waals surface area contributed by atoms with E-state index in [1.807, 2.05) is 0 Å². The summed E-state index contributed by atoms with van der Waals surface area (Å²) in [4.78, 5) is 38.2. The van der Waals surface area contributed by atoms with Crippen molar-refractivity contribution in [2.75, 3.05) is 0 Å². The van der Waals surface area contributed by atoms with Crippen molar-refractivity contribution in [2.24, 2.45) is 5.10 Å². The summed E-state index contributed by atoms with van der Waals surface area (Å²) in [6.07, 6.45) is 1.35. The summed E-state index contributed by atoms with van der Waals surface area (Å²) < 4.78 is 6.44. The number of fused-ring (bicyclic) bond motifs is 1. The summed E-state index contributed by atoms with van der Waals surface area (Å²) in [5, 5.41) is 13.6. The fraction of sp³-hybridized carbons (Fsp3) is 0.0435. The van der Waals surface area contributed by atoms with Gasteiger partial charge in [0.15, 0.2) is 0 Å². The first-order valence-electron chi connectivity index (χ1n) is 9.45. The quantitative estimate of drug-likeness (QED) is 0.437. The van der Waals surface area contributed by atoms with Crippen molar-refractivity contribution in [1.82, 2.24) is 9.66 Å². The third-order valence-corrected chi connectivity index (χ3v) is 4.95. The molecule has 0 radical (unpaired) electrons. The highest BCUT2D eigenvalue weighted by Crippen LogP contribution is 2.26. The van der Waals surface area contributed by atoms with Crippen LogP contribution in [0.3, 0.4) is 0 Å². The highest BCUT2D eigenvalue weighted by atomic mass is 35.5. The zero-order valence-electron chi connectivity index (χ0n) is 16.5. The molecule has 3 aromatic carbocycles. The number of carbonyl (C=O) groups is 1. The fourth-order valence-electron chi connectivity index (χ4n) is 3.00. The number of hydrogen-bond donors (Lipinski definition) is 2. The van der Waals surface area contributed by atoms with Crippen molar-refractivity contribution in [1.29, 1.82) is 0 Å². The Morgan fingerprint density at radius 2 is 1.84 bits per heavy atom. The van der Waals surface area contributed by atoms with Crippen molar-refractivity contribution >= 4 is 34.7 Å². The van der Waals surface area contributed by atoms with Gasteiger partial charge >= 0.3 is 11.7 Å². The molecular weight excluding hydrogens is 434 g/mol. The van der Waals surface area contributed by atoms with E-state index in [1.54, 1.807) is 54.6 Å². The number of rotatable bonds is 6. The van der Waals surface area contributed by atoms with Crippen molar-refractivity contribution in [2.45, 2.75) is 6.61 Å². The van der Waals surface area contributed by atoms with Crippen LogP contribution in [0.1, 0.15) is 21.5 Å². The van der Waals surface area contributed by atoms with E-state index in [0.29, 0.717) is 27.2 Å². The summed E-state index contributed by atoms with van der Waals surface area (Å²) in [6, 6.07) is 17.9. The zero-order chi connectivity index (χ0) is 22.7. The molecule has 2 N–H and O–H groups in total. The van der Waals surface area contributed by atoms with Crippen LogP contribution in [0, 0.1) is 0 Å². The van der Waals surface area contributed by atoms with E-state index in [2.05, 4.69) is 10.1 Å². The summed E-state index contributed by atoms with van der Waals surface area (Å²) in [7, 11) is 0. The molecule has 1 aromatic heterocycles. The van der Waals surface area contributed by atoms with E-state index < -0.39 is 17.2 Å². The molecule has 0 atom stereocenters. The van der Waals surface area contributed by atoms with Gasteiger partial charge in [-0.3, -0.25) is 4.79 Å². The van der Waals surface area contributed by atoms with E-state index in [4.69, 9.17) is 21.4 Å². The maximum absolute atomic E-state index is 12.5. The Labute approximate surface area is 186 Å². The minimum absolute atomic E-state index is 0.194. The van der Waals surface area contributed by atoms with Gasteiger partial charge in [0.05, 0.1) is 27.7 Å². The number of aromatic nitrogens is 2. The maximum Gasteiger partial charge on any atom is 0.349 e. The number of nitrogens with zero attached hydrogens (tertiary/aromatic N) is 2. The van der Waals surface area contributed by atoms with Gasteiger partial charge in [-0.15, -0.1) is 4.68 Å². The number of aromatic carboxylic acids is 1. The second-order valence-electron chi connectivity index (χ2n) is 6.82. The van der Waals surface area contributed by atoms with Gasteiger partial charge in [-0.1, -0.05) is 35.9 Å². The Bertz CT molecular complexity index is 1460. The monoisotopic (exact) mass is 449 g/mol. The molecule has 4 rings (SSSR count). The highest BCUT2D eigenvalue weighted by molar-refractivity contribution is 6.32. The minimum atomic E-state index is -0.995. The van der Waals surface area contributed by atoms with Gasteiger partial charge in [0.25, 0.3) is 5.56 Å². The van der Waals surface area contributed by atoms with Gasteiger partial charge in [0.2, 0.25) is 0 Å². The minimum Gasteiger partial charge on any atom is -0.487 e. The van der Waals surface area contributed by atoms with Crippen LogP contribution in [0.25, 0.3) is 10.9 Å². The first kappa shape index (κ1) is 21.1. The van der Waals surface area contributed by atoms with Gasteiger partial charge in [-0.2, -0.15) is 5.10 Å². The van der Waals surface area contributed by atoms with Crippen LogP contribution in [-0.2, 0) is 6.61 Å². The van der Waals surface area contributed by atoms with Crippen molar-refractivity contribution in [3.63, 3.8) is 0 Å². The summed E-state index contributed by atoms with van der Waals surface area (Å²) in [5.41, 5.74) is 0.806. The molecule has 32 heavy (non-hydrogen) atoms. The summed E-state index contributed by atoms with van der Waals surface area (Å²) >= 11 is 6.28. The lowest BCUT2D eigenvalue weighted by molar-refractivity contribution is 0.0697. The molecule has 0 saturated carbocycles. The van der Waals surface area contributed by atoms with Crippen LogP contribution in [0.15, 0.2) is 81.4 Å². The first-order chi connectivity index (χ1) is 15.4. The third-order valence-electron chi connectivity index (χ3n) is 4.66. The smallest absolute Gasteiger partial charge is 0.349 e. The van der Waals surface area contributed by atoms with E-state index in [1.165, 1.54) is 18.3 Å². The van der Waals surface area contributed by atoms with Crippen molar-refractivity contribution in [3.8, 4) is 5.75 Å². The predicted molar refractivity (Wildman–Crippen MR) is 121 cm³/mol. The molecule has 1 heterocycles. The third kappa shape index (κ3) is 4.45. The number of hydrogen-bond acceptors (Lipinski definition) is 5. The van der Waals surface area contributed by atoms with Crippen molar-refractivity contribution in [3.05, 3.63) is 109 Å². The van der Waals surface area contributed by atoms with Crippen LogP contribution in [0.5, 0.6) is 5.75 Å². The van der Waals surface area contributed by atoms with Gasteiger partial charge < -0.3 is 14.8 Å². The number of nitrogens with one attached hydrogen (secondary N) is 1. The molecule has 0 aliphatic rings. The molecule has 0 saturated heterocycles. The van der Waals surface area contributed by atoms with Gasteiger partial charge in [-0.25, -0.2) is 9.59 Å². The topological polar surface area (TPSA) is 114 Å². The number of ether oxygens (including phenoxy) is 1. The summed E-state index contributed by atoms with van der Waals surface area (Å²) in [5.74, 6) is -0.572. The molecule has 4 aromatic rings. The molecule has 0 aliphatic carbocycles. The number of para-hydroxylation sites is 1. The van der Waals surface area contributed by atoms with Gasteiger partial charge in [0.1, 0.15) is 12.4 Å². The molecule has 0 aliphatic heterocycles. The lowest BCUT2D eigenvalue weighted by Gasteiger charge is -2.09. The molecule has 0 bridgehead atoms. The lowest BCUT2D eigenvalue weighted by atomic mass is 10.1. The molecule has 8 nitrogen and oxygen atoms in total. The predicted octanol–water partition coefficient (Wildman–Crippen LogP) is 3.50. The number of halogens is 1. The number of carboxylic acids is 1. The Balaban J connectivity index is 1.51. The Morgan fingerprint density at radius 1 is 1.09 bits per heavy atom. The largest absolute Gasteiger partial charge is 0.487 e. The van der Waals surface area contributed by atoms with E-state index in [-0.39, 0.29) is 12.2 Å². The normalized spacial score (nSPS) is 11.2. The second kappa shape index (κ2) is 8.91. The molecule has 0 fully saturated rings. The molecule has 0 amide bonds. The lowest BCUT2D eigenvalue weighted by Crippen LogP contribution is -2.32. The van der Waals surface area contributed by atoms with Crippen LogP contribution >= 0.6 is 11.6 Å². The molecule has 0 spiro atoms. The van der Waals surface area contributed by atoms with E-state index in [9.17, 15) is 14.4 Å². The van der Waals surface area contributed by atoms with Crippen LogP contribution in [0.4, 0.5) is 0 Å². The SMILES string of the molecule is O=C(O)c1ccc(COc2ccc(C=Nn3c(=O)[nH]c4ccccc4c3=O)cc2Cl)cc1. The first-order valence-corrected chi connectivity index (χ1v) is 9.83. The molecule has 9 heteroatoms. The molecule has 0 unspecified atom stereocenters. The zero-order valence-corrected chi connectivity index (χ0v) is 17.2. The average Bonchev–Trinajstić information content (AvgIpc) is 2.78. The maximum atomic E-state index is 12.5. The standard InChI is InChI=1S/C23H16ClN3O5/c24-18-11-15(7-10-20(18)32-13-14-5-8-16(9-6-14)22(29)30)12-25-27-21(28)17-3-1-2-4-19(17)26-23(27)31/h1-12H,13H2,(H,26,31)(H,29,30). The molecular formula is C23H16ClN3O5. The number of aromatic amines is 1. The van der Waals surface area contributed by atoms with E-state index >= 15 is 0 Å². The van der Waals surface area contributed by atoms with Gasteiger partial charge in [-0.05, 0) is 53.6 Å². The fourth-order valence-corrected chi connectivity index (χ4v) is 3.24. The van der Waals surface area contributed by atoms with Crippen LogP contribution in [-0.4, -0.2) is 27.0 Å². The Hall–Kier alpha value is -4.17. The molecule has 160 valence electrons. The Kier molecular flexibility index (Phi) is 5.87. The summed E-state index contributed by atoms with van der Waals surface area (Å²) in [6.45, 7) is 0.203. The second-order valence-corrected chi connectivity index (χ2v) is 7.23. The average molecular weight is 450 g/mol. The van der Waals surface area contributed by atoms with Gasteiger partial charge in [0, 0.05) is 0 Å². The Morgan fingerprint density at radius 3 is 2.56 bits per heavy atom. The number of carboxylic acid groups (broad SMARTS) is 1. The van der Waals surface area contributed by atoms with Crippen molar-refractivity contribution < 1.29 is 14.6 Å². The van der Waals surface area contributed by atoms with Crippen LogP contribution in [0.2, 0.25) is 5.02 Å². The number of H-pyrrole nitrogens is 1. The number of benzene rings is 3. The van der Waals surface area contributed by atoms with Crippen LogP contribution < -0.4 is 16.0 Å². The highest BCUT2D eigenvalue weighted by Gasteiger charge is 2.07. The van der Waals surface area contributed by atoms with E-state index in [0.717, 1.165) is 10.2 Å².